The summed E-state index contributed by atoms with van der Waals surface area (Å²) in [6.07, 6.45) is 0. The molecule has 0 bridgehead atoms. The Labute approximate surface area is 133 Å². The molecule has 0 spiro atoms. The van der Waals surface area contributed by atoms with Crippen molar-refractivity contribution in [3.8, 4) is 21.4 Å². The third-order valence-electron chi connectivity index (χ3n) is 3.01. The van der Waals surface area contributed by atoms with Gasteiger partial charge >= 0.3 is 0 Å². The highest BCUT2D eigenvalue weighted by Crippen LogP contribution is 2.33. The van der Waals surface area contributed by atoms with Gasteiger partial charge in [0.15, 0.2) is 16.5 Å². The van der Waals surface area contributed by atoms with Crippen molar-refractivity contribution in [1.29, 1.82) is 0 Å². The molecule has 0 radical (unpaired) electrons. The van der Waals surface area contributed by atoms with Crippen LogP contribution in [0.2, 0.25) is 0 Å². The van der Waals surface area contributed by atoms with Gasteiger partial charge < -0.3 is 9.47 Å². The lowest BCUT2D eigenvalue weighted by atomic mass is 10.2. The zero-order chi connectivity index (χ0) is 14.9. The molecule has 0 aliphatic carbocycles. The molecule has 3 heterocycles. The van der Waals surface area contributed by atoms with Crippen molar-refractivity contribution < 1.29 is 14.3 Å². The van der Waals surface area contributed by atoms with E-state index in [1.807, 2.05) is 17.5 Å². The van der Waals surface area contributed by atoms with Crippen LogP contribution in [-0.4, -0.2) is 22.9 Å². The minimum absolute atomic E-state index is 0.182. The van der Waals surface area contributed by atoms with Crippen molar-refractivity contribution in [3.05, 3.63) is 41.3 Å². The summed E-state index contributed by atoms with van der Waals surface area (Å²) in [5.74, 6) is 0.962. The van der Waals surface area contributed by atoms with Crippen LogP contribution >= 0.6 is 22.7 Å². The lowest BCUT2D eigenvalue weighted by Gasteiger charge is -2.02. The van der Waals surface area contributed by atoms with Gasteiger partial charge in [-0.25, -0.2) is 0 Å². The Bertz CT molecular complexity index is 830. The first kappa shape index (κ1) is 13.2. The molecule has 1 aliphatic heterocycles. The Morgan fingerprint density at radius 2 is 2.09 bits per heavy atom. The van der Waals surface area contributed by atoms with Crippen molar-refractivity contribution in [2.75, 3.05) is 12.1 Å². The van der Waals surface area contributed by atoms with Gasteiger partial charge in [0.05, 0.1) is 4.88 Å². The average molecular weight is 331 g/mol. The number of rotatable bonds is 3. The molecule has 0 unspecified atom stereocenters. The number of carbonyl (C=O) groups excluding carboxylic acids is 1. The second-order valence-corrected chi connectivity index (χ2v) is 6.34. The fourth-order valence-electron chi connectivity index (χ4n) is 1.98. The van der Waals surface area contributed by atoms with Crippen molar-refractivity contribution in [2.24, 2.45) is 0 Å². The van der Waals surface area contributed by atoms with Crippen molar-refractivity contribution in [1.82, 2.24) is 10.2 Å². The zero-order valence-corrected chi connectivity index (χ0v) is 12.7. The summed E-state index contributed by atoms with van der Waals surface area (Å²) in [6.45, 7) is 0.182. The van der Waals surface area contributed by atoms with Gasteiger partial charge in [-0.1, -0.05) is 17.4 Å². The molecule has 0 saturated heterocycles. The molecule has 3 aromatic rings. The van der Waals surface area contributed by atoms with Gasteiger partial charge in [0, 0.05) is 5.56 Å². The summed E-state index contributed by atoms with van der Waals surface area (Å²) in [4.78, 5) is 13.3. The van der Waals surface area contributed by atoms with Crippen LogP contribution in [0.5, 0.6) is 11.5 Å². The number of anilines is 1. The topological polar surface area (TPSA) is 73.3 Å². The highest BCUT2D eigenvalue weighted by Gasteiger charge is 2.17. The largest absolute Gasteiger partial charge is 0.454 e. The number of hydrogen-bond donors (Lipinski definition) is 1. The second kappa shape index (κ2) is 5.39. The normalized spacial score (nSPS) is 12.4. The van der Waals surface area contributed by atoms with Gasteiger partial charge in [0.2, 0.25) is 11.9 Å². The van der Waals surface area contributed by atoms with Crippen LogP contribution in [0.4, 0.5) is 5.13 Å². The summed E-state index contributed by atoms with van der Waals surface area (Å²) in [5, 5.41) is 14.1. The number of nitrogens with one attached hydrogen (secondary N) is 1. The summed E-state index contributed by atoms with van der Waals surface area (Å²) < 4.78 is 10.5. The molecular formula is C14H9N3O3S2. The van der Waals surface area contributed by atoms with E-state index in [9.17, 15) is 4.79 Å². The standard InChI is InChI=1S/C14H9N3O3S2/c18-12(8-3-4-9-10(6-8)20-7-19-9)15-14-17-16-13(22-14)11-2-1-5-21-11/h1-6H,7H2,(H,15,17,18). The van der Waals surface area contributed by atoms with Gasteiger partial charge in [-0.15, -0.1) is 21.5 Å². The predicted octanol–water partition coefficient (Wildman–Crippen LogP) is 3.25. The summed E-state index contributed by atoms with van der Waals surface area (Å²) in [6, 6.07) is 8.97. The highest BCUT2D eigenvalue weighted by atomic mass is 32.1. The molecule has 0 fully saturated rings. The maximum absolute atomic E-state index is 12.2. The smallest absolute Gasteiger partial charge is 0.257 e. The number of carbonyl (C=O) groups is 1. The average Bonchev–Trinajstić information content (AvgIpc) is 3.27. The van der Waals surface area contributed by atoms with E-state index in [-0.39, 0.29) is 12.7 Å². The lowest BCUT2D eigenvalue weighted by molar-refractivity contribution is 0.102. The molecule has 8 heteroatoms. The minimum Gasteiger partial charge on any atom is -0.454 e. The maximum atomic E-state index is 12.2. The molecule has 6 nitrogen and oxygen atoms in total. The Morgan fingerprint density at radius 1 is 1.18 bits per heavy atom. The van der Waals surface area contributed by atoms with E-state index in [2.05, 4.69) is 15.5 Å². The van der Waals surface area contributed by atoms with Crippen LogP contribution in [0.25, 0.3) is 9.88 Å². The van der Waals surface area contributed by atoms with Crippen molar-refractivity contribution >= 4 is 33.7 Å². The monoisotopic (exact) mass is 331 g/mol. The van der Waals surface area contributed by atoms with Crippen LogP contribution in [-0.2, 0) is 0 Å². The molecule has 2 aromatic heterocycles. The Kier molecular flexibility index (Phi) is 3.24. The third-order valence-corrected chi connectivity index (χ3v) is 4.89. The molecule has 4 rings (SSSR count). The third kappa shape index (κ3) is 2.42. The second-order valence-electron chi connectivity index (χ2n) is 4.41. The summed E-state index contributed by atoms with van der Waals surface area (Å²) in [7, 11) is 0. The van der Waals surface area contributed by atoms with E-state index in [1.54, 1.807) is 29.5 Å². The van der Waals surface area contributed by atoms with Crippen molar-refractivity contribution in [3.63, 3.8) is 0 Å². The first-order chi connectivity index (χ1) is 10.8. The molecule has 1 aliphatic rings. The highest BCUT2D eigenvalue weighted by molar-refractivity contribution is 7.23. The van der Waals surface area contributed by atoms with Gasteiger partial charge in [-0.05, 0) is 29.6 Å². The molecule has 110 valence electrons. The van der Waals surface area contributed by atoms with Crippen LogP contribution < -0.4 is 14.8 Å². The molecule has 0 atom stereocenters. The van der Waals surface area contributed by atoms with E-state index in [0.29, 0.717) is 22.2 Å². The first-order valence-electron chi connectivity index (χ1n) is 6.38. The number of ether oxygens (including phenoxy) is 2. The van der Waals surface area contributed by atoms with Crippen LogP contribution in [0.15, 0.2) is 35.7 Å². The summed E-state index contributed by atoms with van der Waals surface area (Å²) in [5.41, 5.74) is 0.483. The molecular weight excluding hydrogens is 322 g/mol. The Hall–Kier alpha value is -2.45. The minimum atomic E-state index is -0.257. The predicted molar refractivity (Wildman–Crippen MR) is 83.7 cm³/mol. The van der Waals surface area contributed by atoms with E-state index in [1.165, 1.54) is 11.3 Å². The lowest BCUT2D eigenvalue weighted by Crippen LogP contribution is -2.11. The number of thiophene rings is 1. The van der Waals surface area contributed by atoms with Crippen LogP contribution in [0, 0.1) is 0 Å². The fraction of sp³-hybridized carbons (Fsp3) is 0.0714. The van der Waals surface area contributed by atoms with Gasteiger partial charge in [-0.3, -0.25) is 10.1 Å². The summed E-state index contributed by atoms with van der Waals surface area (Å²) >= 11 is 2.92. The molecule has 1 amide bonds. The van der Waals surface area contributed by atoms with Crippen molar-refractivity contribution in [2.45, 2.75) is 0 Å². The molecule has 1 N–H and O–H groups in total. The van der Waals surface area contributed by atoms with E-state index < -0.39 is 0 Å². The van der Waals surface area contributed by atoms with Gasteiger partial charge in [0.25, 0.3) is 5.91 Å². The SMILES string of the molecule is O=C(Nc1nnc(-c2cccs2)s1)c1ccc2c(c1)OCO2. The first-order valence-corrected chi connectivity index (χ1v) is 8.07. The van der Waals surface area contributed by atoms with Crippen LogP contribution in [0.1, 0.15) is 10.4 Å². The van der Waals surface area contributed by atoms with Crippen LogP contribution in [0.3, 0.4) is 0 Å². The Morgan fingerprint density at radius 3 is 2.95 bits per heavy atom. The maximum Gasteiger partial charge on any atom is 0.257 e. The van der Waals surface area contributed by atoms with Gasteiger partial charge in [-0.2, -0.15) is 0 Å². The quantitative estimate of drug-likeness (QED) is 0.797. The number of benzene rings is 1. The number of fused-ring (bicyclic) bond motifs is 1. The number of hydrogen-bond acceptors (Lipinski definition) is 7. The Balaban J connectivity index is 1.52. The fourth-order valence-corrected chi connectivity index (χ4v) is 3.51. The van der Waals surface area contributed by atoms with E-state index in [4.69, 9.17) is 9.47 Å². The van der Waals surface area contributed by atoms with E-state index in [0.717, 1.165) is 9.88 Å². The van der Waals surface area contributed by atoms with Gasteiger partial charge in [0.1, 0.15) is 0 Å². The number of amides is 1. The molecule has 0 saturated carbocycles. The number of aromatic nitrogens is 2. The number of nitrogens with zero attached hydrogens (tertiary/aromatic N) is 2. The zero-order valence-electron chi connectivity index (χ0n) is 11.1. The van der Waals surface area contributed by atoms with E-state index >= 15 is 0 Å². The molecule has 22 heavy (non-hydrogen) atoms. The molecule has 1 aromatic carbocycles.